The van der Waals surface area contributed by atoms with E-state index in [1.54, 1.807) is 37.3 Å². The van der Waals surface area contributed by atoms with Gasteiger partial charge in [0.2, 0.25) is 0 Å². The van der Waals surface area contributed by atoms with Crippen LogP contribution in [0, 0.1) is 6.92 Å². The molecule has 1 aliphatic rings. The molecule has 0 aliphatic carbocycles. The lowest BCUT2D eigenvalue weighted by Crippen LogP contribution is -2.29. The van der Waals surface area contributed by atoms with Crippen LogP contribution in [-0.2, 0) is 19.1 Å². The van der Waals surface area contributed by atoms with Crippen LogP contribution in [0.1, 0.15) is 42.9 Å². The maximum absolute atomic E-state index is 13.3. The number of aryl methyl sites for hydroxylation is 1. The van der Waals surface area contributed by atoms with Crippen molar-refractivity contribution < 1.29 is 38.5 Å². The maximum atomic E-state index is 13.3. The number of amides is 1. The van der Waals surface area contributed by atoms with Crippen molar-refractivity contribution >= 4 is 45.9 Å². The lowest BCUT2D eigenvalue weighted by atomic mass is 9.94. The number of ether oxygens (including phenoxy) is 3. The number of Topliss-reactive ketones (excluding diaryl/α,β-unsaturated/α-hetero) is 1. The molecule has 10 nitrogen and oxygen atoms in total. The standard InChI is InChI=1S/C26H22N2O8S/c1-13-22(25(33)36-4)37-26(27-13)28-19(14-8-10-15(11-9-14)24(32)35-3)18(21(30)23(28)31)20(29)16-6-5-7-17(12-16)34-2/h5-12,19,29H,1-4H3/t19-/m0/s1. The smallest absolute Gasteiger partial charge is 0.350 e. The van der Waals surface area contributed by atoms with E-state index < -0.39 is 35.4 Å². The Morgan fingerprint density at radius 2 is 1.65 bits per heavy atom. The van der Waals surface area contributed by atoms with Gasteiger partial charge in [0.05, 0.1) is 44.2 Å². The van der Waals surface area contributed by atoms with E-state index in [-0.39, 0.29) is 26.7 Å². The number of hydrogen-bond acceptors (Lipinski definition) is 10. The third-order valence-electron chi connectivity index (χ3n) is 5.80. The Labute approximate surface area is 215 Å². The van der Waals surface area contributed by atoms with E-state index in [9.17, 15) is 24.3 Å². The van der Waals surface area contributed by atoms with E-state index in [0.29, 0.717) is 17.0 Å². The number of benzene rings is 2. The molecule has 0 unspecified atom stereocenters. The van der Waals surface area contributed by atoms with Crippen molar-refractivity contribution in [3.8, 4) is 5.75 Å². The number of anilines is 1. The van der Waals surface area contributed by atoms with Gasteiger partial charge in [-0.05, 0) is 36.8 Å². The first-order chi connectivity index (χ1) is 17.7. The van der Waals surface area contributed by atoms with Crippen molar-refractivity contribution in [1.29, 1.82) is 0 Å². The summed E-state index contributed by atoms with van der Waals surface area (Å²) in [6.07, 6.45) is 0. The van der Waals surface area contributed by atoms with E-state index in [4.69, 9.17) is 14.2 Å². The number of aliphatic hydroxyl groups is 1. The Bertz CT molecular complexity index is 1440. The van der Waals surface area contributed by atoms with E-state index in [0.717, 1.165) is 16.2 Å². The zero-order valence-corrected chi connectivity index (χ0v) is 21.1. The highest BCUT2D eigenvalue weighted by Crippen LogP contribution is 2.44. The highest BCUT2D eigenvalue weighted by molar-refractivity contribution is 7.17. The molecule has 1 amide bonds. The van der Waals surface area contributed by atoms with Gasteiger partial charge in [-0.3, -0.25) is 14.5 Å². The Balaban J connectivity index is 1.93. The summed E-state index contributed by atoms with van der Waals surface area (Å²) in [4.78, 5) is 56.4. The first kappa shape index (κ1) is 25.6. The molecular weight excluding hydrogens is 500 g/mol. The summed E-state index contributed by atoms with van der Waals surface area (Å²) < 4.78 is 14.8. The number of carbonyl (C=O) groups excluding carboxylic acids is 4. The summed E-state index contributed by atoms with van der Waals surface area (Å²) in [5, 5.41) is 11.3. The number of methoxy groups -OCH3 is 3. The summed E-state index contributed by atoms with van der Waals surface area (Å²) in [6, 6.07) is 11.4. The molecule has 190 valence electrons. The lowest BCUT2D eigenvalue weighted by Gasteiger charge is -2.23. The van der Waals surface area contributed by atoms with Gasteiger partial charge in [-0.25, -0.2) is 14.6 Å². The van der Waals surface area contributed by atoms with E-state index in [1.165, 1.54) is 39.5 Å². The van der Waals surface area contributed by atoms with Crippen molar-refractivity contribution in [2.45, 2.75) is 13.0 Å². The molecule has 0 saturated carbocycles. The Morgan fingerprint density at radius 1 is 0.973 bits per heavy atom. The van der Waals surface area contributed by atoms with Gasteiger partial charge in [0.25, 0.3) is 5.78 Å². The summed E-state index contributed by atoms with van der Waals surface area (Å²) in [5.41, 5.74) is 1.08. The number of esters is 2. The van der Waals surface area contributed by atoms with Crippen molar-refractivity contribution in [1.82, 2.24) is 4.98 Å². The van der Waals surface area contributed by atoms with Crippen molar-refractivity contribution in [2.75, 3.05) is 26.2 Å². The number of hydrogen-bond donors (Lipinski definition) is 1. The number of ketones is 1. The van der Waals surface area contributed by atoms with E-state index in [1.807, 2.05) is 0 Å². The fourth-order valence-corrected chi connectivity index (χ4v) is 4.97. The van der Waals surface area contributed by atoms with Crippen molar-refractivity contribution in [2.24, 2.45) is 0 Å². The molecule has 1 saturated heterocycles. The molecule has 1 N–H and O–H groups in total. The van der Waals surface area contributed by atoms with Crippen LogP contribution in [0.5, 0.6) is 5.75 Å². The maximum Gasteiger partial charge on any atom is 0.350 e. The van der Waals surface area contributed by atoms with Gasteiger partial charge in [-0.1, -0.05) is 35.6 Å². The van der Waals surface area contributed by atoms with Crippen LogP contribution in [0.15, 0.2) is 54.1 Å². The second kappa shape index (κ2) is 10.2. The first-order valence-electron chi connectivity index (χ1n) is 10.9. The quantitative estimate of drug-likeness (QED) is 0.223. The molecule has 2 heterocycles. The Kier molecular flexibility index (Phi) is 7.07. The van der Waals surface area contributed by atoms with Crippen molar-refractivity contribution in [3.63, 3.8) is 0 Å². The third-order valence-corrected chi connectivity index (χ3v) is 6.93. The highest BCUT2D eigenvalue weighted by atomic mass is 32.1. The minimum Gasteiger partial charge on any atom is -0.507 e. The molecule has 1 atom stereocenters. The second-order valence-electron chi connectivity index (χ2n) is 7.92. The molecule has 1 aliphatic heterocycles. The molecule has 0 bridgehead atoms. The molecule has 3 aromatic rings. The molecule has 1 fully saturated rings. The van der Waals surface area contributed by atoms with Crippen LogP contribution in [0.3, 0.4) is 0 Å². The molecule has 11 heteroatoms. The zero-order valence-electron chi connectivity index (χ0n) is 20.3. The van der Waals surface area contributed by atoms with Gasteiger partial charge in [0.15, 0.2) is 5.13 Å². The largest absolute Gasteiger partial charge is 0.507 e. The normalized spacial score (nSPS) is 16.5. The monoisotopic (exact) mass is 522 g/mol. The van der Waals surface area contributed by atoms with Gasteiger partial charge < -0.3 is 19.3 Å². The SMILES string of the molecule is COC(=O)c1ccc([C@H]2C(=C(O)c3cccc(OC)c3)C(=O)C(=O)N2c2nc(C)c(C(=O)OC)s2)cc1. The number of aliphatic hydroxyl groups excluding tert-OH is 1. The molecule has 0 radical (unpaired) electrons. The van der Waals surface area contributed by atoms with Gasteiger partial charge in [0.1, 0.15) is 16.4 Å². The predicted octanol–water partition coefficient (Wildman–Crippen LogP) is 3.66. The summed E-state index contributed by atoms with van der Waals surface area (Å²) in [7, 11) is 3.94. The van der Waals surface area contributed by atoms with Crippen LogP contribution < -0.4 is 9.64 Å². The zero-order chi connectivity index (χ0) is 26.9. The molecular formula is C26H22N2O8S. The number of carbonyl (C=O) groups is 4. The van der Waals surface area contributed by atoms with Crippen molar-refractivity contribution in [3.05, 3.63) is 81.4 Å². The molecule has 4 rings (SSSR count). The van der Waals surface area contributed by atoms with Gasteiger partial charge in [-0.15, -0.1) is 0 Å². The average molecular weight is 523 g/mol. The lowest BCUT2D eigenvalue weighted by molar-refractivity contribution is -0.132. The Hall–Kier alpha value is -4.51. The van der Waals surface area contributed by atoms with Crippen LogP contribution in [0.25, 0.3) is 5.76 Å². The summed E-state index contributed by atoms with van der Waals surface area (Å²) in [5.74, 6) is -3.03. The average Bonchev–Trinajstić information content (AvgIpc) is 3.43. The fraction of sp³-hybridized carbons (Fsp3) is 0.192. The first-order valence-corrected chi connectivity index (χ1v) is 11.7. The number of thiazole rings is 1. The number of nitrogens with zero attached hydrogens (tertiary/aromatic N) is 2. The number of rotatable bonds is 6. The highest BCUT2D eigenvalue weighted by Gasteiger charge is 2.48. The topological polar surface area (TPSA) is 132 Å². The third kappa shape index (κ3) is 4.56. The van der Waals surface area contributed by atoms with Crippen LogP contribution in [0.4, 0.5) is 5.13 Å². The minimum absolute atomic E-state index is 0.0757. The predicted molar refractivity (Wildman–Crippen MR) is 134 cm³/mol. The number of aromatic nitrogens is 1. The Morgan fingerprint density at radius 3 is 2.27 bits per heavy atom. The van der Waals surface area contributed by atoms with Gasteiger partial charge in [-0.2, -0.15) is 0 Å². The molecule has 2 aromatic carbocycles. The van der Waals surface area contributed by atoms with Crippen LogP contribution in [0.2, 0.25) is 0 Å². The van der Waals surface area contributed by atoms with E-state index >= 15 is 0 Å². The van der Waals surface area contributed by atoms with Crippen LogP contribution >= 0.6 is 11.3 Å². The van der Waals surface area contributed by atoms with Gasteiger partial charge in [0, 0.05) is 5.56 Å². The fourth-order valence-electron chi connectivity index (χ4n) is 3.96. The molecule has 0 spiro atoms. The van der Waals surface area contributed by atoms with Crippen LogP contribution in [-0.4, -0.2) is 55.0 Å². The van der Waals surface area contributed by atoms with Gasteiger partial charge >= 0.3 is 17.8 Å². The summed E-state index contributed by atoms with van der Waals surface area (Å²) >= 11 is 0.890. The second-order valence-corrected chi connectivity index (χ2v) is 8.89. The molecule has 37 heavy (non-hydrogen) atoms. The minimum atomic E-state index is -1.10. The summed E-state index contributed by atoms with van der Waals surface area (Å²) in [6.45, 7) is 1.58. The molecule has 1 aromatic heterocycles. The van der Waals surface area contributed by atoms with E-state index in [2.05, 4.69) is 4.98 Å².